The molecule has 3 fully saturated rings. The van der Waals surface area contributed by atoms with Crippen LogP contribution in [0.3, 0.4) is 0 Å². The fraction of sp³-hybridized carbons (Fsp3) is 0.571. The summed E-state index contributed by atoms with van der Waals surface area (Å²) in [5.41, 5.74) is 1.33. The van der Waals surface area contributed by atoms with E-state index in [1.54, 1.807) is 12.1 Å². The Hall–Kier alpha value is -2.46. The van der Waals surface area contributed by atoms with Crippen LogP contribution in [-0.4, -0.2) is 87.6 Å². The number of carboxylic acid groups (broad SMARTS) is 1. The van der Waals surface area contributed by atoms with Crippen molar-refractivity contribution in [3.05, 3.63) is 51.4 Å². The van der Waals surface area contributed by atoms with Crippen molar-refractivity contribution in [3.8, 4) is 0 Å². The van der Waals surface area contributed by atoms with Crippen molar-refractivity contribution in [2.24, 2.45) is 0 Å². The summed E-state index contributed by atoms with van der Waals surface area (Å²) in [6, 6.07) is 6.39. The van der Waals surface area contributed by atoms with Crippen LogP contribution in [0, 0.1) is 0 Å². The van der Waals surface area contributed by atoms with Gasteiger partial charge >= 0.3 is 5.97 Å². The predicted octanol–water partition coefficient (Wildman–Crippen LogP) is 4.33. The van der Waals surface area contributed by atoms with Gasteiger partial charge in [0.2, 0.25) is 0 Å². The molecule has 1 aliphatic carbocycles. The average molecular weight is 576 g/mol. The zero-order chi connectivity index (χ0) is 27.5. The van der Waals surface area contributed by atoms with Crippen LogP contribution < -0.4 is 10.2 Å². The number of halogens is 2. The molecule has 39 heavy (non-hydrogen) atoms. The van der Waals surface area contributed by atoms with E-state index in [1.165, 1.54) is 19.0 Å². The number of aromatic nitrogens is 2. The SMILES string of the molecule is CCNC(=O)c1cnc(N2CCN(C3CCN(Cc4ccc(Cl)cc4C(=O)O)CC3)[C@@H]3CCCC[C@@H]32)c(Cl)n1. The standard InChI is InChI=1S/C28H36Cl2N6O3/c1-2-31-27(37)22-16-32-26(25(30)33-22)36-14-13-35(23-5-3-4-6-24(23)36)20-9-11-34(12-10-20)17-18-7-8-19(29)15-21(18)28(38)39/h7-8,15-16,20,23-24H,2-6,9-14,17H2,1H3,(H,31,37)(H,38,39)/t23-,24+/m1/s1. The van der Waals surface area contributed by atoms with E-state index in [0.717, 1.165) is 57.4 Å². The van der Waals surface area contributed by atoms with Gasteiger partial charge in [-0.3, -0.25) is 14.6 Å². The van der Waals surface area contributed by atoms with Gasteiger partial charge in [-0.1, -0.05) is 42.1 Å². The van der Waals surface area contributed by atoms with Gasteiger partial charge in [0, 0.05) is 49.3 Å². The van der Waals surface area contributed by atoms with E-state index in [1.807, 2.05) is 13.0 Å². The van der Waals surface area contributed by atoms with Gasteiger partial charge in [-0.15, -0.1) is 0 Å². The Kier molecular flexibility index (Phi) is 8.91. The molecule has 2 atom stereocenters. The number of anilines is 1. The largest absolute Gasteiger partial charge is 0.478 e. The predicted molar refractivity (Wildman–Crippen MR) is 152 cm³/mol. The molecule has 3 aliphatic rings. The van der Waals surface area contributed by atoms with Gasteiger partial charge in [0.1, 0.15) is 5.69 Å². The van der Waals surface area contributed by atoms with Crippen LogP contribution in [0.2, 0.25) is 10.2 Å². The number of hydrogen-bond donors (Lipinski definition) is 2. The van der Waals surface area contributed by atoms with E-state index in [-0.39, 0.29) is 22.3 Å². The Morgan fingerprint density at radius 2 is 1.79 bits per heavy atom. The molecular formula is C28H36Cl2N6O3. The zero-order valence-corrected chi connectivity index (χ0v) is 23.8. The van der Waals surface area contributed by atoms with Crippen molar-refractivity contribution < 1.29 is 14.7 Å². The van der Waals surface area contributed by atoms with Crippen LogP contribution in [0.1, 0.15) is 71.9 Å². The lowest BCUT2D eigenvalue weighted by Crippen LogP contribution is -2.64. The maximum atomic E-state index is 12.2. The molecule has 0 bridgehead atoms. The smallest absolute Gasteiger partial charge is 0.336 e. The molecule has 1 amide bonds. The molecule has 5 rings (SSSR count). The molecule has 2 saturated heterocycles. The normalized spacial score (nSPS) is 22.9. The second-order valence-electron chi connectivity index (χ2n) is 10.7. The Morgan fingerprint density at radius 1 is 1.05 bits per heavy atom. The van der Waals surface area contributed by atoms with Gasteiger partial charge in [0.05, 0.1) is 11.8 Å². The molecule has 1 aromatic heterocycles. The highest BCUT2D eigenvalue weighted by molar-refractivity contribution is 6.32. The fourth-order valence-corrected chi connectivity index (χ4v) is 6.98. The number of nitrogens with zero attached hydrogens (tertiary/aromatic N) is 5. The lowest BCUT2D eigenvalue weighted by Gasteiger charge is -2.54. The number of likely N-dealkylation sites (tertiary alicyclic amines) is 1. The molecule has 3 heterocycles. The van der Waals surface area contributed by atoms with Crippen molar-refractivity contribution in [2.45, 2.75) is 70.1 Å². The molecule has 210 valence electrons. The van der Waals surface area contributed by atoms with E-state index in [9.17, 15) is 14.7 Å². The monoisotopic (exact) mass is 574 g/mol. The number of piperazine rings is 1. The van der Waals surface area contributed by atoms with Crippen molar-refractivity contribution in [3.63, 3.8) is 0 Å². The first kappa shape index (κ1) is 28.1. The number of carbonyl (C=O) groups excluding carboxylic acids is 1. The molecular weight excluding hydrogens is 539 g/mol. The number of fused-ring (bicyclic) bond motifs is 1. The van der Waals surface area contributed by atoms with Gasteiger partial charge in [-0.05, 0) is 63.4 Å². The number of rotatable bonds is 7. The molecule has 2 aromatic rings. The molecule has 1 aromatic carbocycles. The third kappa shape index (κ3) is 6.16. The molecule has 0 radical (unpaired) electrons. The van der Waals surface area contributed by atoms with Crippen molar-refractivity contribution in [2.75, 3.05) is 37.6 Å². The molecule has 0 spiro atoms. The van der Waals surface area contributed by atoms with Crippen LogP contribution in [0.15, 0.2) is 24.4 Å². The molecule has 2 N–H and O–H groups in total. The van der Waals surface area contributed by atoms with Crippen LogP contribution in [-0.2, 0) is 6.54 Å². The summed E-state index contributed by atoms with van der Waals surface area (Å²) in [4.78, 5) is 40.3. The molecule has 0 unspecified atom stereocenters. The summed E-state index contributed by atoms with van der Waals surface area (Å²) in [5.74, 6) is -0.527. The number of carboxylic acids is 1. The maximum absolute atomic E-state index is 12.2. The number of piperidine rings is 1. The number of carbonyl (C=O) groups is 2. The summed E-state index contributed by atoms with van der Waals surface area (Å²) in [5, 5.41) is 13.1. The molecule has 2 aliphatic heterocycles. The number of hydrogen-bond acceptors (Lipinski definition) is 7. The molecule has 11 heteroatoms. The van der Waals surface area contributed by atoms with E-state index in [0.29, 0.717) is 42.1 Å². The first-order valence-corrected chi connectivity index (χ1v) is 14.7. The molecule has 9 nitrogen and oxygen atoms in total. The Morgan fingerprint density at radius 3 is 2.49 bits per heavy atom. The average Bonchev–Trinajstić information content (AvgIpc) is 2.94. The quantitative estimate of drug-likeness (QED) is 0.503. The minimum Gasteiger partial charge on any atom is -0.478 e. The second kappa shape index (κ2) is 12.4. The van der Waals surface area contributed by atoms with E-state index in [2.05, 4.69) is 30.0 Å². The van der Waals surface area contributed by atoms with E-state index in [4.69, 9.17) is 23.2 Å². The minimum atomic E-state index is -0.938. The number of benzene rings is 1. The number of nitrogens with one attached hydrogen (secondary N) is 1. The van der Waals surface area contributed by atoms with E-state index >= 15 is 0 Å². The zero-order valence-electron chi connectivity index (χ0n) is 22.3. The van der Waals surface area contributed by atoms with Gasteiger partial charge in [-0.2, -0.15) is 0 Å². The lowest BCUT2D eigenvalue weighted by molar-refractivity contribution is 0.0299. The van der Waals surface area contributed by atoms with Gasteiger partial charge in [0.25, 0.3) is 5.91 Å². The Bertz CT molecular complexity index is 1210. The highest BCUT2D eigenvalue weighted by Gasteiger charge is 2.42. The Balaban J connectivity index is 1.24. The summed E-state index contributed by atoms with van der Waals surface area (Å²) in [6.45, 7) is 6.63. The summed E-state index contributed by atoms with van der Waals surface area (Å²) in [7, 11) is 0. The van der Waals surface area contributed by atoms with Crippen molar-refractivity contribution in [1.82, 2.24) is 25.1 Å². The lowest BCUT2D eigenvalue weighted by atomic mass is 9.84. The number of amides is 1. The second-order valence-corrected chi connectivity index (χ2v) is 11.5. The van der Waals surface area contributed by atoms with Crippen LogP contribution in [0.5, 0.6) is 0 Å². The van der Waals surface area contributed by atoms with Crippen molar-refractivity contribution in [1.29, 1.82) is 0 Å². The van der Waals surface area contributed by atoms with E-state index < -0.39 is 5.97 Å². The van der Waals surface area contributed by atoms with Crippen molar-refractivity contribution >= 4 is 40.9 Å². The highest BCUT2D eigenvalue weighted by atomic mass is 35.5. The minimum absolute atomic E-state index is 0.241. The first-order chi connectivity index (χ1) is 18.9. The highest BCUT2D eigenvalue weighted by Crippen LogP contribution is 2.37. The summed E-state index contributed by atoms with van der Waals surface area (Å²) in [6.07, 6.45) is 8.28. The third-order valence-corrected chi connectivity index (χ3v) is 8.88. The fourth-order valence-electron chi connectivity index (χ4n) is 6.56. The summed E-state index contributed by atoms with van der Waals surface area (Å²) < 4.78 is 0. The third-order valence-electron chi connectivity index (χ3n) is 8.40. The van der Waals surface area contributed by atoms with Crippen LogP contribution in [0.4, 0.5) is 5.82 Å². The topological polar surface area (TPSA) is 102 Å². The Labute approximate surface area is 239 Å². The molecule has 1 saturated carbocycles. The van der Waals surface area contributed by atoms with Crippen LogP contribution in [0.25, 0.3) is 0 Å². The van der Waals surface area contributed by atoms with Gasteiger partial charge in [-0.25, -0.2) is 14.8 Å². The van der Waals surface area contributed by atoms with Gasteiger partial charge in [0.15, 0.2) is 11.0 Å². The summed E-state index contributed by atoms with van der Waals surface area (Å²) >= 11 is 12.6. The first-order valence-electron chi connectivity index (χ1n) is 13.9. The maximum Gasteiger partial charge on any atom is 0.336 e. The van der Waals surface area contributed by atoms with Gasteiger partial charge < -0.3 is 15.3 Å². The van der Waals surface area contributed by atoms with Crippen LogP contribution >= 0.6 is 23.2 Å². The number of aromatic carboxylic acids is 1.